The quantitative estimate of drug-likeness (QED) is 0.623. The lowest BCUT2D eigenvalue weighted by Crippen LogP contribution is -3.00. The van der Waals surface area contributed by atoms with Crippen molar-refractivity contribution in [2.24, 2.45) is 10.2 Å². The van der Waals surface area contributed by atoms with Crippen LogP contribution < -0.4 is 22.0 Å². The number of hydrazone groups is 1. The standard InChI is InChI=1S/C20H17N4.BrH/c1-4-10-17(11-5-1)20-21-23(18-12-6-2-7-13-18)16-24(22-20)19-14-8-3-9-15-19;/h1-15H,16H2;1H/q+1;/p-1. The molecule has 0 fully saturated rings. The van der Waals surface area contributed by atoms with Crippen LogP contribution in [0.5, 0.6) is 0 Å². The molecule has 3 aromatic rings. The Hall–Kier alpha value is -2.79. The molecule has 0 saturated carbocycles. The number of hydrogen-bond donors (Lipinski definition) is 0. The second-order valence-electron chi connectivity index (χ2n) is 5.50. The molecular formula is C20H17BrN4. The first-order valence-electron chi connectivity index (χ1n) is 7.91. The maximum Gasteiger partial charge on any atom is 0.269 e. The molecule has 0 N–H and O–H groups in total. The van der Waals surface area contributed by atoms with E-state index in [9.17, 15) is 0 Å². The number of nitrogens with zero attached hydrogens (tertiary/aromatic N) is 4. The summed E-state index contributed by atoms with van der Waals surface area (Å²) in [4.78, 5) is 0. The van der Waals surface area contributed by atoms with Gasteiger partial charge in [0.1, 0.15) is 0 Å². The highest BCUT2D eigenvalue weighted by Gasteiger charge is 2.25. The van der Waals surface area contributed by atoms with Gasteiger partial charge in [-0.1, -0.05) is 71.4 Å². The first kappa shape index (κ1) is 17.0. The van der Waals surface area contributed by atoms with Gasteiger partial charge in [0.05, 0.1) is 5.69 Å². The van der Waals surface area contributed by atoms with Crippen LogP contribution in [-0.4, -0.2) is 17.2 Å². The van der Waals surface area contributed by atoms with Gasteiger partial charge >= 0.3 is 0 Å². The predicted molar refractivity (Wildman–Crippen MR) is 95.6 cm³/mol. The summed E-state index contributed by atoms with van der Waals surface area (Å²) in [6.07, 6.45) is 0. The Morgan fingerprint density at radius 2 is 1.28 bits per heavy atom. The fourth-order valence-electron chi connectivity index (χ4n) is 2.62. The zero-order chi connectivity index (χ0) is 16.2. The molecule has 0 aliphatic carbocycles. The molecule has 1 aliphatic rings. The Morgan fingerprint density at radius 1 is 0.720 bits per heavy atom. The normalized spacial score (nSPS) is 13.5. The third kappa shape index (κ3) is 3.83. The first-order valence-corrected chi connectivity index (χ1v) is 7.91. The molecular weight excluding hydrogens is 376 g/mol. The largest absolute Gasteiger partial charge is 1.00 e. The summed E-state index contributed by atoms with van der Waals surface area (Å²) < 4.78 is 1.97. The summed E-state index contributed by atoms with van der Waals surface area (Å²) in [6, 6.07) is 30.4. The first-order chi connectivity index (χ1) is 11.9. The predicted octanol–water partition coefficient (Wildman–Crippen LogP) is 1.63. The zero-order valence-electron chi connectivity index (χ0n) is 13.5. The van der Waals surface area contributed by atoms with E-state index in [2.05, 4.69) is 24.3 Å². The number of benzene rings is 3. The second kappa shape index (κ2) is 7.85. The minimum atomic E-state index is 0. The smallest absolute Gasteiger partial charge is 0.269 e. The Kier molecular flexibility index (Phi) is 5.36. The van der Waals surface area contributed by atoms with Crippen LogP contribution in [0.1, 0.15) is 5.56 Å². The molecule has 1 heterocycles. The van der Waals surface area contributed by atoms with Gasteiger partial charge < -0.3 is 17.0 Å². The summed E-state index contributed by atoms with van der Waals surface area (Å²) in [7, 11) is 0. The second-order valence-corrected chi connectivity index (χ2v) is 5.50. The summed E-state index contributed by atoms with van der Waals surface area (Å²) in [5.74, 6) is 0.703. The lowest BCUT2D eigenvalue weighted by Gasteiger charge is -2.20. The van der Waals surface area contributed by atoms with E-state index in [1.54, 1.807) is 0 Å². The maximum absolute atomic E-state index is 4.74. The summed E-state index contributed by atoms with van der Waals surface area (Å²) in [5.41, 5.74) is 3.09. The topological polar surface area (TPSA) is 31.0 Å². The van der Waals surface area contributed by atoms with Crippen LogP contribution in [0, 0.1) is 0 Å². The third-order valence-electron chi connectivity index (χ3n) is 3.84. The van der Waals surface area contributed by atoms with E-state index in [0.29, 0.717) is 12.5 Å². The van der Waals surface area contributed by atoms with Crippen molar-refractivity contribution in [2.75, 3.05) is 11.7 Å². The van der Waals surface area contributed by atoms with E-state index >= 15 is 0 Å². The van der Waals surface area contributed by atoms with E-state index in [1.807, 2.05) is 76.4 Å². The Morgan fingerprint density at radius 3 is 1.92 bits per heavy atom. The van der Waals surface area contributed by atoms with Gasteiger partial charge in [-0.15, -0.1) is 5.10 Å². The van der Waals surface area contributed by atoms with Crippen LogP contribution in [0.4, 0.5) is 11.4 Å². The van der Waals surface area contributed by atoms with E-state index in [-0.39, 0.29) is 17.0 Å². The van der Waals surface area contributed by atoms with Crippen LogP contribution in [-0.2, 0) is 0 Å². The van der Waals surface area contributed by atoms with Crippen molar-refractivity contribution in [3.8, 4) is 0 Å². The van der Waals surface area contributed by atoms with Gasteiger partial charge in [0, 0.05) is 22.8 Å². The van der Waals surface area contributed by atoms with Crippen LogP contribution in [0.25, 0.3) is 0 Å². The molecule has 0 amide bonds. The fourth-order valence-corrected chi connectivity index (χ4v) is 2.62. The molecule has 0 bridgehead atoms. The van der Waals surface area contributed by atoms with Crippen LogP contribution >= 0.6 is 0 Å². The molecule has 25 heavy (non-hydrogen) atoms. The van der Waals surface area contributed by atoms with Gasteiger partial charge in [-0.25, -0.2) is 5.01 Å². The van der Waals surface area contributed by atoms with Crippen molar-refractivity contribution in [1.82, 2.24) is 0 Å². The molecule has 5 heteroatoms. The highest BCUT2D eigenvalue weighted by Crippen LogP contribution is 2.22. The van der Waals surface area contributed by atoms with Crippen LogP contribution in [0.3, 0.4) is 0 Å². The average Bonchev–Trinajstić information content (AvgIpc) is 2.70. The fraction of sp³-hybridized carbons (Fsp3) is 0.0500. The summed E-state index contributed by atoms with van der Waals surface area (Å²) >= 11 is 0. The van der Waals surface area contributed by atoms with Gasteiger partial charge in [-0.2, -0.15) is 0 Å². The Bertz CT molecular complexity index is 877. The van der Waals surface area contributed by atoms with E-state index < -0.39 is 0 Å². The minimum Gasteiger partial charge on any atom is -1.00 e. The molecule has 3 aromatic carbocycles. The number of hydrogen-bond acceptors (Lipinski definition) is 3. The lowest BCUT2D eigenvalue weighted by molar-refractivity contribution is -0.508. The van der Waals surface area contributed by atoms with Crippen molar-refractivity contribution in [3.63, 3.8) is 0 Å². The molecule has 124 valence electrons. The van der Waals surface area contributed by atoms with Crippen molar-refractivity contribution >= 4 is 17.2 Å². The van der Waals surface area contributed by atoms with Gasteiger partial charge in [0.2, 0.25) is 11.5 Å². The highest BCUT2D eigenvalue weighted by molar-refractivity contribution is 5.99. The maximum atomic E-state index is 4.74. The Balaban J connectivity index is 0.00000182. The molecule has 1 aliphatic heterocycles. The summed E-state index contributed by atoms with van der Waals surface area (Å²) in [6.45, 7) is 0.574. The van der Waals surface area contributed by atoms with Crippen molar-refractivity contribution in [3.05, 3.63) is 96.6 Å². The molecule has 0 saturated heterocycles. The van der Waals surface area contributed by atoms with Gasteiger partial charge in [-0.05, 0) is 12.1 Å². The zero-order valence-corrected chi connectivity index (χ0v) is 15.1. The average molecular weight is 393 g/mol. The molecule has 4 nitrogen and oxygen atoms in total. The number of halogens is 1. The summed E-state index contributed by atoms with van der Waals surface area (Å²) in [5, 5.41) is 11.5. The molecule has 0 spiro atoms. The van der Waals surface area contributed by atoms with Crippen molar-refractivity contribution < 1.29 is 21.7 Å². The molecule has 0 atom stereocenters. The van der Waals surface area contributed by atoms with Gasteiger partial charge in [-0.3, -0.25) is 0 Å². The van der Waals surface area contributed by atoms with E-state index in [4.69, 9.17) is 10.2 Å². The number of anilines is 1. The molecule has 0 radical (unpaired) electrons. The van der Waals surface area contributed by atoms with Gasteiger partial charge in [0.25, 0.3) is 6.67 Å². The van der Waals surface area contributed by atoms with Gasteiger partial charge in [0.15, 0.2) is 0 Å². The number of amidine groups is 1. The SMILES string of the molecule is [Br-].c1ccc(C2=NN(c3ccccc3)C[N+](c3ccccc3)=N2)cc1. The lowest BCUT2D eigenvalue weighted by atomic mass is 10.2. The minimum absolute atomic E-state index is 0. The van der Waals surface area contributed by atoms with Crippen LogP contribution in [0.2, 0.25) is 0 Å². The van der Waals surface area contributed by atoms with E-state index in [0.717, 1.165) is 16.9 Å². The van der Waals surface area contributed by atoms with Crippen molar-refractivity contribution in [1.29, 1.82) is 0 Å². The molecule has 0 unspecified atom stereocenters. The monoisotopic (exact) mass is 392 g/mol. The molecule has 4 rings (SSSR count). The van der Waals surface area contributed by atoms with E-state index in [1.165, 1.54) is 0 Å². The number of rotatable bonds is 3. The number of para-hydroxylation sites is 2. The Labute approximate surface area is 157 Å². The highest BCUT2D eigenvalue weighted by atomic mass is 79.9. The number of azo groups is 2. The molecule has 0 aromatic heterocycles. The van der Waals surface area contributed by atoms with Crippen LogP contribution in [0.15, 0.2) is 101 Å². The van der Waals surface area contributed by atoms with Crippen molar-refractivity contribution in [2.45, 2.75) is 0 Å². The third-order valence-corrected chi connectivity index (χ3v) is 3.84.